The van der Waals surface area contributed by atoms with E-state index in [9.17, 15) is 9.59 Å². The van der Waals surface area contributed by atoms with E-state index in [0.717, 1.165) is 63.4 Å². The second-order valence-electron chi connectivity index (χ2n) is 7.83. The lowest BCUT2D eigenvalue weighted by atomic mass is 9.95. The van der Waals surface area contributed by atoms with Crippen LogP contribution in [0.2, 0.25) is 0 Å². The van der Waals surface area contributed by atoms with E-state index in [2.05, 4.69) is 23.6 Å². The largest absolute Gasteiger partial charge is 0.343 e. The molecule has 4 heterocycles. The number of aryl methyl sites for hydroxylation is 2. The molecule has 0 spiro atoms. The summed E-state index contributed by atoms with van der Waals surface area (Å²) in [5.41, 5.74) is 2.39. The number of hydrogen-bond acceptors (Lipinski definition) is 4. The minimum atomic E-state index is 0.223. The Morgan fingerprint density at radius 1 is 1.30 bits per heavy atom. The number of likely N-dealkylation sites (tertiary alicyclic amines) is 2. The highest BCUT2D eigenvalue weighted by atomic mass is 32.1. The van der Waals surface area contributed by atoms with Crippen molar-refractivity contribution in [1.29, 1.82) is 0 Å². The Balaban J connectivity index is 1.37. The molecule has 7 heteroatoms. The molecule has 0 aromatic carbocycles. The van der Waals surface area contributed by atoms with Crippen molar-refractivity contribution in [2.45, 2.75) is 58.3 Å². The van der Waals surface area contributed by atoms with Gasteiger partial charge < -0.3 is 9.80 Å². The first kappa shape index (κ1) is 18.5. The van der Waals surface area contributed by atoms with Crippen LogP contribution in [-0.4, -0.2) is 57.2 Å². The van der Waals surface area contributed by atoms with Crippen molar-refractivity contribution in [2.75, 3.05) is 26.2 Å². The molecule has 2 saturated heterocycles. The third kappa shape index (κ3) is 3.61. The molecule has 0 aliphatic carbocycles. The summed E-state index contributed by atoms with van der Waals surface area (Å²) in [7, 11) is 0. The van der Waals surface area contributed by atoms with E-state index in [1.54, 1.807) is 11.3 Å². The van der Waals surface area contributed by atoms with E-state index in [1.165, 1.54) is 10.5 Å². The molecular formula is C20H28N4O2S. The Bertz CT molecular complexity index is 856. The Morgan fingerprint density at radius 3 is 2.93 bits per heavy atom. The van der Waals surface area contributed by atoms with Crippen molar-refractivity contribution in [3.63, 3.8) is 0 Å². The summed E-state index contributed by atoms with van der Waals surface area (Å²) >= 11 is 1.75. The summed E-state index contributed by atoms with van der Waals surface area (Å²) in [6.07, 6.45) is 5.05. The van der Waals surface area contributed by atoms with Gasteiger partial charge in [0.25, 0.3) is 0 Å². The summed E-state index contributed by atoms with van der Waals surface area (Å²) in [5.74, 6) is 1.83. The normalized spacial score (nSPS) is 20.8. The van der Waals surface area contributed by atoms with E-state index >= 15 is 0 Å². The second-order valence-corrected chi connectivity index (χ2v) is 8.69. The first-order valence-corrected chi connectivity index (χ1v) is 10.9. The topological polar surface area (TPSA) is 57.9 Å². The van der Waals surface area contributed by atoms with Crippen LogP contribution in [-0.2, 0) is 9.59 Å². The molecular weight excluding hydrogens is 360 g/mol. The molecule has 146 valence electrons. The average Bonchev–Trinajstić information content (AvgIpc) is 3.34. The van der Waals surface area contributed by atoms with Gasteiger partial charge in [-0.1, -0.05) is 0 Å². The van der Waals surface area contributed by atoms with Gasteiger partial charge in [0, 0.05) is 56.0 Å². The van der Waals surface area contributed by atoms with E-state index in [4.69, 9.17) is 4.98 Å². The van der Waals surface area contributed by atoms with E-state index in [0.29, 0.717) is 18.8 Å². The van der Waals surface area contributed by atoms with Gasteiger partial charge in [0.15, 0.2) is 0 Å². The van der Waals surface area contributed by atoms with Crippen molar-refractivity contribution in [1.82, 2.24) is 19.2 Å². The van der Waals surface area contributed by atoms with Gasteiger partial charge in [0.05, 0.1) is 5.69 Å². The Kier molecular flexibility index (Phi) is 5.21. The second kappa shape index (κ2) is 7.62. The van der Waals surface area contributed by atoms with Gasteiger partial charge in [-0.2, -0.15) is 0 Å². The Hall–Kier alpha value is -1.89. The molecule has 2 amide bonds. The van der Waals surface area contributed by atoms with Crippen LogP contribution in [0.1, 0.15) is 61.7 Å². The van der Waals surface area contributed by atoms with Gasteiger partial charge in [0.1, 0.15) is 10.7 Å². The van der Waals surface area contributed by atoms with Crippen molar-refractivity contribution >= 4 is 28.0 Å². The zero-order valence-corrected chi connectivity index (χ0v) is 17.1. The summed E-state index contributed by atoms with van der Waals surface area (Å²) in [6, 6.07) is 0. The number of amides is 2. The summed E-state index contributed by atoms with van der Waals surface area (Å²) in [5, 5.41) is 2.18. The minimum absolute atomic E-state index is 0.223. The predicted molar refractivity (Wildman–Crippen MR) is 106 cm³/mol. The lowest BCUT2D eigenvalue weighted by Gasteiger charge is -2.32. The van der Waals surface area contributed by atoms with Gasteiger partial charge >= 0.3 is 0 Å². The molecule has 2 aliphatic heterocycles. The number of carbonyl (C=O) groups is 2. The maximum atomic E-state index is 12.7. The number of thiazole rings is 1. The molecule has 2 aromatic heterocycles. The molecule has 27 heavy (non-hydrogen) atoms. The molecule has 0 N–H and O–H groups in total. The molecule has 2 aliphatic rings. The molecule has 0 saturated carbocycles. The number of carbonyl (C=O) groups excluding carboxylic acids is 2. The van der Waals surface area contributed by atoms with Gasteiger partial charge in [-0.25, -0.2) is 4.98 Å². The van der Waals surface area contributed by atoms with Crippen LogP contribution in [0.4, 0.5) is 0 Å². The zero-order chi connectivity index (χ0) is 19.0. The van der Waals surface area contributed by atoms with E-state index in [1.807, 2.05) is 9.80 Å². The Labute approximate surface area is 164 Å². The number of rotatable bonds is 5. The highest BCUT2D eigenvalue weighted by Gasteiger charge is 2.29. The van der Waals surface area contributed by atoms with Gasteiger partial charge in [-0.3, -0.25) is 14.0 Å². The fourth-order valence-corrected chi connectivity index (χ4v) is 5.57. The van der Waals surface area contributed by atoms with Crippen LogP contribution in [0.25, 0.3) is 4.83 Å². The first-order valence-electron chi connectivity index (χ1n) is 10.0. The standard InChI is InChI=1S/C20H28N4O2S/c1-14-13-27-20-19(21-15(2)24(14)20)16-6-3-11-23(12-16)18(26)8-5-10-22-9-4-7-17(22)25/h13,16H,3-12H2,1-2H3. The fraction of sp³-hybridized carbons (Fsp3) is 0.650. The van der Waals surface area contributed by atoms with Crippen molar-refractivity contribution < 1.29 is 9.59 Å². The third-order valence-electron chi connectivity index (χ3n) is 5.87. The monoisotopic (exact) mass is 388 g/mol. The smallest absolute Gasteiger partial charge is 0.222 e. The molecule has 1 unspecified atom stereocenters. The summed E-state index contributed by atoms with van der Waals surface area (Å²) in [4.78, 5) is 34.4. The van der Waals surface area contributed by atoms with Crippen LogP contribution in [0.5, 0.6) is 0 Å². The highest BCUT2D eigenvalue weighted by Crippen LogP contribution is 2.33. The highest BCUT2D eigenvalue weighted by molar-refractivity contribution is 7.15. The maximum Gasteiger partial charge on any atom is 0.222 e. The van der Waals surface area contributed by atoms with Gasteiger partial charge in [0.2, 0.25) is 11.8 Å². The van der Waals surface area contributed by atoms with Crippen LogP contribution in [0.3, 0.4) is 0 Å². The van der Waals surface area contributed by atoms with Crippen molar-refractivity contribution in [3.05, 3.63) is 22.6 Å². The number of fused-ring (bicyclic) bond motifs is 1. The van der Waals surface area contributed by atoms with Gasteiger partial charge in [-0.15, -0.1) is 11.3 Å². The maximum absolute atomic E-state index is 12.7. The van der Waals surface area contributed by atoms with Crippen LogP contribution < -0.4 is 0 Å². The number of hydrogen-bond donors (Lipinski definition) is 0. The molecule has 2 aromatic rings. The van der Waals surface area contributed by atoms with Crippen molar-refractivity contribution in [3.8, 4) is 0 Å². The average molecular weight is 389 g/mol. The first-order chi connectivity index (χ1) is 13.0. The Morgan fingerprint density at radius 2 is 2.15 bits per heavy atom. The van der Waals surface area contributed by atoms with E-state index in [-0.39, 0.29) is 11.8 Å². The van der Waals surface area contributed by atoms with E-state index < -0.39 is 0 Å². The van der Waals surface area contributed by atoms with Crippen molar-refractivity contribution in [2.24, 2.45) is 0 Å². The SMILES string of the molecule is Cc1csc2c(C3CCCN(C(=O)CCCN4CCCC4=O)C3)nc(C)n12. The molecule has 0 radical (unpaired) electrons. The predicted octanol–water partition coefficient (Wildman–Crippen LogP) is 3.12. The number of nitrogens with zero attached hydrogens (tertiary/aromatic N) is 4. The van der Waals surface area contributed by atoms with Gasteiger partial charge in [-0.05, 0) is 39.5 Å². The fourth-order valence-electron chi connectivity index (χ4n) is 4.47. The van der Waals surface area contributed by atoms with Crippen LogP contribution in [0.15, 0.2) is 5.38 Å². The number of imidazole rings is 1. The molecule has 6 nitrogen and oxygen atoms in total. The minimum Gasteiger partial charge on any atom is -0.343 e. The molecule has 2 fully saturated rings. The van der Waals surface area contributed by atoms with Crippen LogP contribution in [0, 0.1) is 13.8 Å². The molecule has 1 atom stereocenters. The zero-order valence-electron chi connectivity index (χ0n) is 16.2. The van der Waals surface area contributed by atoms with Crippen LogP contribution >= 0.6 is 11.3 Å². The third-order valence-corrected chi connectivity index (χ3v) is 6.95. The molecule has 0 bridgehead atoms. The lowest BCUT2D eigenvalue weighted by Crippen LogP contribution is -2.39. The quantitative estimate of drug-likeness (QED) is 0.791. The molecule has 4 rings (SSSR count). The summed E-state index contributed by atoms with van der Waals surface area (Å²) < 4.78 is 2.23. The summed E-state index contributed by atoms with van der Waals surface area (Å²) in [6.45, 7) is 7.36. The lowest BCUT2D eigenvalue weighted by molar-refractivity contribution is -0.133. The number of piperidine rings is 1. The number of aromatic nitrogens is 2.